The summed E-state index contributed by atoms with van der Waals surface area (Å²) < 4.78 is 22.3. The minimum absolute atomic E-state index is 0.00338. The molecule has 0 saturated carbocycles. The molecule has 0 fully saturated rings. The number of carbonyl (C=O) groups excluding carboxylic acids is 3. The fraction of sp³-hybridized carbons (Fsp3) is 0.204. The summed E-state index contributed by atoms with van der Waals surface area (Å²) in [6.07, 6.45) is 0.594. The molecule has 14 nitrogen and oxygen atoms in total. The summed E-state index contributed by atoms with van der Waals surface area (Å²) in [6, 6.07) is 31.7. The number of phenolic OH excluding ortho intramolecular Hbond substituents is 2. The van der Waals surface area contributed by atoms with Gasteiger partial charge in [-0.1, -0.05) is 60.7 Å². The third kappa shape index (κ3) is 10.1. The number of anilines is 1. The van der Waals surface area contributed by atoms with Crippen molar-refractivity contribution in [3.05, 3.63) is 164 Å². The molecule has 1 aliphatic carbocycles. The normalized spacial score (nSPS) is 11.9. The predicted molar refractivity (Wildman–Crippen MR) is 235 cm³/mol. The predicted octanol–water partition coefficient (Wildman–Crippen LogP) is 7.41. The highest BCUT2D eigenvalue weighted by Gasteiger charge is 2.23. The minimum atomic E-state index is -0.618. The minimum Gasteiger partial charge on any atom is -0.507 e. The molecule has 5 N–H and O–H groups in total. The van der Waals surface area contributed by atoms with Crippen molar-refractivity contribution in [2.24, 2.45) is 5.73 Å². The smallest absolute Gasteiger partial charge is 0.343 e. The number of hydrogen-bond donors (Lipinski definition) is 4. The molecule has 1 amide bonds. The summed E-state index contributed by atoms with van der Waals surface area (Å²) in [4.78, 5) is 48.9. The highest BCUT2D eigenvalue weighted by Crippen LogP contribution is 2.41. The molecule has 1 aliphatic rings. The Bertz CT molecular complexity index is 2610. The maximum atomic E-state index is 12.5. The molecular weight excluding hydrogens is 807 g/mol. The summed E-state index contributed by atoms with van der Waals surface area (Å²) in [5.41, 5.74) is 13.1. The van der Waals surface area contributed by atoms with Crippen LogP contribution in [0.5, 0.6) is 23.0 Å². The summed E-state index contributed by atoms with van der Waals surface area (Å²) >= 11 is 0. The van der Waals surface area contributed by atoms with E-state index in [0.717, 1.165) is 11.1 Å². The number of non-ortho nitro benzene ring substituents is 1. The average Bonchev–Trinajstić information content (AvgIpc) is 3.28. The summed E-state index contributed by atoms with van der Waals surface area (Å²) in [6.45, 7) is -0.646. The number of rotatable bonds is 12. The lowest BCUT2D eigenvalue weighted by Crippen LogP contribution is -2.16. The monoisotopic (exact) mass is 851 g/mol. The van der Waals surface area contributed by atoms with E-state index >= 15 is 0 Å². The number of nitrogens with one attached hydrogen (secondary N) is 1. The van der Waals surface area contributed by atoms with Crippen molar-refractivity contribution in [3.8, 4) is 45.3 Å². The Hall–Kier alpha value is -7.71. The molecule has 0 radical (unpaired) electrons. The summed E-state index contributed by atoms with van der Waals surface area (Å²) in [5, 5.41) is 39.0. The molecule has 6 aromatic carbocycles. The molecule has 14 heteroatoms. The third-order valence-electron chi connectivity index (χ3n) is 10.8. The molecule has 0 saturated heterocycles. The Balaban J connectivity index is 1.46. The van der Waals surface area contributed by atoms with Gasteiger partial charge in [-0.15, -0.1) is 0 Å². The third-order valence-corrected chi connectivity index (χ3v) is 10.8. The van der Waals surface area contributed by atoms with Crippen LogP contribution in [-0.4, -0.2) is 67.0 Å². The standard InChI is InChI=1S/C49H45N3O11/c1-60-44(54)27-62-48-31-9-3-11-33(48)19-39-23-36(30-8-6-14-42(26-30)52(58)59)24-40(47(39)57)20-34-12-4-10-32(49(34)63-28-45(55)61-2)18-38-22-35(21-37(17-31)46(38)56)29-7-5-13-41(25-29)51-43(53)15-16-50/h3-14,21-26,56-57H,15-20,27-28,50H2,1-2H3,(H,51,53). The highest BCUT2D eigenvalue weighted by atomic mass is 16.6. The fourth-order valence-corrected chi connectivity index (χ4v) is 7.73. The van der Waals surface area contributed by atoms with Crippen LogP contribution in [0.15, 0.2) is 109 Å². The molecule has 6 aromatic rings. The zero-order chi connectivity index (χ0) is 44.6. The molecule has 0 aromatic heterocycles. The number of esters is 2. The van der Waals surface area contributed by atoms with Gasteiger partial charge < -0.3 is 40.2 Å². The molecule has 0 spiro atoms. The van der Waals surface area contributed by atoms with Crippen LogP contribution in [0, 0.1) is 10.1 Å². The number of nitro benzene ring substituents is 1. The number of para-hydroxylation sites is 2. The molecule has 7 rings (SSSR count). The van der Waals surface area contributed by atoms with Crippen LogP contribution in [-0.2, 0) is 49.5 Å². The van der Waals surface area contributed by atoms with Gasteiger partial charge in [-0.25, -0.2) is 9.59 Å². The van der Waals surface area contributed by atoms with Crippen LogP contribution < -0.4 is 20.5 Å². The van der Waals surface area contributed by atoms with Crippen molar-refractivity contribution < 1.29 is 48.5 Å². The van der Waals surface area contributed by atoms with Gasteiger partial charge >= 0.3 is 11.9 Å². The molecular formula is C49H45N3O11. The van der Waals surface area contributed by atoms with E-state index in [1.54, 1.807) is 30.3 Å². The van der Waals surface area contributed by atoms with Gasteiger partial charge in [0.25, 0.3) is 5.69 Å². The van der Waals surface area contributed by atoms with Crippen LogP contribution in [0.2, 0.25) is 0 Å². The number of nitro groups is 1. The molecule has 0 atom stereocenters. The number of methoxy groups -OCH3 is 2. The second-order valence-electron chi connectivity index (χ2n) is 15.0. The maximum absolute atomic E-state index is 12.5. The zero-order valence-electron chi connectivity index (χ0n) is 34.6. The van der Waals surface area contributed by atoms with Crippen molar-refractivity contribution in [2.75, 3.05) is 39.3 Å². The Morgan fingerprint density at radius 1 is 0.603 bits per heavy atom. The van der Waals surface area contributed by atoms with Crippen LogP contribution >= 0.6 is 0 Å². The highest BCUT2D eigenvalue weighted by molar-refractivity contribution is 5.91. The van der Waals surface area contributed by atoms with Crippen molar-refractivity contribution in [2.45, 2.75) is 32.1 Å². The van der Waals surface area contributed by atoms with E-state index in [1.807, 2.05) is 66.7 Å². The van der Waals surface area contributed by atoms with Crippen LogP contribution in [0.3, 0.4) is 0 Å². The lowest BCUT2D eigenvalue weighted by atomic mass is 9.88. The first-order valence-corrected chi connectivity index (χ1v) is 20.1. The lowest BCUT2D eigenvalue weighted by Gasteiger charge is -2.21. The topological polar surface area (TPSA) is 210 Å². The fourth-order valence-electron chi connectivity index (χ4n) is 7.73. The number of nitrogens with zero attached hydrogens (tertiary/aromatic N) is 1. The number of benzene rings is 6. The SMILES string of the molecule is COC(=O)COc1c2cccc1Cc1cc(-c3cccc([N+](=O)[O-])c3)cc(c1O)Cc1cccc(c1OCC(=O)OC)Cc1cc(-c3cccc(NC(=O)CCN)c3)cc(c1O)C2. The van der Waals surface area contributed by atoms with Crippen LogP contribution in [0.4, 0.5) is 11.4 Å². The summed E-state index contributed by atoms with van der Waals surface area (Å²) in [5.74, 6) is -0.823. The van der Waals surface area contributed by atoms with Gasteiger partial charge in [0, 0.05) is 56.5 Å². The van der Waals surface area contributed by atoms with Gasteiger partial charge in [-0.3, -0.25) is 14.9 Å². The zero-order valence-corrected chi connectivity index (χ0v) is 34.6. The van der Waals surface area contributed by atoms with Crippen molar-refractivity contribution in [1.82, 2.24) is 0 Å². The number of carbonyl (C=O) groups is 3. The van der Waals surface area contributed by atoms with Crippen LogP contribution in [0.1, 0.15) is 50.9 Å². The molecule has 63 heavy (non-hydrogen) atoms. The van der Waals surface area contributed by atoms with Gasteiger partial charge in [0.2, 0.25) is 5.91 Å². The van der Waals surface area contributed by atoms with E-state index in [2.05, 4.69) is 5.32 Å². The Labute approximate surface area is 363 Å². The van der Waals surface area contributed by atoms with E-state index in [1.165, 1.54) is 26.4 Å². The van der Waals surface area contributed by atoms with E-state index < -0.39 is 30.1 Å². The number of ether oxygens (including phenoxy) is 4. The number of aromatic hydroxyl groups is 2. The van der Waals surface area contributed by atoms with Gasteiger partial charge in [-0.05, 0) is 103 Å². The van der Waals surface area contributed by atoms with Gasteiger partial charge in [0.1, 0.15) is 23.0 Å². The first-order chi connectivity index (χ1) is 30.4. The van der Waals surface area contributed by atoms with E-state index in [4.69, 9.17) is 24.7 Å². The van der Waals surface area contributed by atoms with E-state index in [-0.39, 0.29) is 61.7 Å². The molecule has 0 heterocycles. The first kappa shape index (κ1) is 43.4. The molecule has 322 valence electrons. The quantitative estimate of drug-likeness (QED) is 0.0538. The number of nitrogens with two attached hydrogens (primary N) is 1. The van der Waals surface area contributed by atoms with Crippen LogP contribution in [0.25, 0.3) is 22.3 Å². The molecule has 0 aliphatic heterocycles. The average molecular weight is 852 g/mol. The summed E-state index contributed by atoms with van der Waals surface area (Å²) in [7, 11) is 2.51. The number of amides is 1. The second-order valence-corrected chi connectivity index (χ2v) is 15.0. The first-order valence-electron chi connectivity index (χ1n) is 20.1. The lowest BCUT2D eigenvalue weighted by molar-refractivity contribution is -0.384. The molecule has 8 bridgehead atoms. The van der Waals surface area contributed by atoms with E-state index in [9.17, 15) is 34.7 Å². The van der Waals surface area contributed by atoms with Gasteiger partial charge in [0.15, 0.2) is 13.2 Å². The Morgan fingerprint density at radius 2 is 1.02 bits per heavy atom. The Morgan fingerprint density at radius 3 is 1.43 bits per heavy atom. The van der Waals surface area contributed by atoms with Gasteiger partial charge in [0.05, 0.1) is 19.1 Å². The van der Waals surface area contributed by atoms with Crippen molar-refractivity contribution in [3.63, 3.8) is 0 Å². The number of phenols is 2. The van der Waals surface area contributed by atoms with Gasteiger partial charge in [-0.2, -0.15) is 0 Å². The Kier molecular flexibility index (Phi) is 13.3. The number of hydrogen-bond acceptors (Lipinski definition) is 12. The van der Waals surface area contributed by atoms with E-state index in [0.29, 0.717) is 72.8 Å². The van der Waals surface area contributed by atoms with Crippen molar-refractivity contribution in [1.29, 1.82) is 0 Å². The maximum Gasteiger partial charge on any atom is 0.343 e. The second kappa shape index (κ2) is 19.3. The largest absolute Gasteiger partial charge is 0.507 e. The van der Waals surface area contributed by atoms with Crippen molar-refractivity contribution >= 4 is 29.2 Å². The number of fused-ring (bicyclic) bond motifs is 8. The molecule has 0 unspecified atom stereocenters.